The molecule has 0 radical (unpaired) electrons. The normalized spacial score (nSPS) is 17.7. The van der Waals surface area contributed by atoms with Crippen LogP contribution in [-0.4, -0.2) is 49.7 Å². The van der Waals surface area contributed by atoms with Gasteiger partial charge in [0.2, 0.25) is 5.91 Å². The average Bonchev–Trinajstić information content (AvgIpc) is 3.23. The fraction of sp³-hybridized carbons (Fsp3) is 0.368. The Labute approximate surface area is 152 Å². The van der Waals surface area contributed by atoms with E-state index in [1.54, 1.807) is 17.1 Å². The number of hydrogen-bond acceptors (Lipinski definition) is 5. The molecule has 1 fully saturated rings. The Balaban J connectivity index is 1.53. The highest BCUT2D eigenvalue weighted by Crippen LogP contribution is 2.22. The van der Waals surface area contributed by atoms with Gasteiger partial charge in [-0.05, 0) is 38.4 Å². The zero-order valence-electron chi connectivity index (χ0n) is 15.0. The molecule has 1 unspecified atom stereocenters. The van der Waals surface area contributed by atoms with Crippen molar-refractivity contribution in [3.63, 3.8) is 0 Å². The third-order valence-corrected chi connectivity index (χ3v) is 4.88. The Hall–Kier alpha value is -2.80. The van der Waals surface area contributed by atoms with Crippen LogP contribution in [0.2, 0.25) is 0 Å². The molecule has 1 saturated heterocycles. The zero-order valence-corrected chi connectivity index (χ0v) is 15.0. The quantitative estimate of drug-likeness (QED) is 0.782. The zero-order chi connectivity index (χ0) is 18.1. The summed E-state index contributed by atoms with van der Waals surface area (Å²) in [5, 5.41) is 8.02. The van der Waals surface area contributed by atoms with Crippen LogP contribution < -0.4 is 5.32 Å². The molecule has 3 aromatic rings. The topological polar surface area (TPSA) is 75.9 Å². The van der Waals surface area contributed by atoms with E-state index in [1.165, 1.54) is 0 Å². The summed E-state index contributed by atoms with van der Waals surface area (Å²) in [6, 6.07) is 6.22. The molecule has 0 aliphatic carbocycles. The number of carbonyl (C=O) groups excluding carboxylic acids is 1. The van der Waals surface area contributed by atoms with E-state index in [9.17, 15) is 4.79 Å². The standard InChI is InChI=1S/C19H22N6O/c1-13-4-3-7-25(13)12-19(26)23-18-8-17-14(9-20-18)5-6-16(22-17)15-10-21-24(2)11-15/h5-6,8-11,13H,3-4,7,12H2,1-2H3,(H,20,23,26). The van der Waals surface area contributed by atoms with Crippen LogP contribution in [0.5, 0.6) is 0 Å². The van der Waals surface area contributed by atoms with Crippen LogP contribution in [0, 0.1) is 0 Å². The minimum atomic E-state index is -0.0333. The van der Waals surface area contributed by atoms with Crippen molar-refractivity contribution >= 4 is 22.6 Å². The lowest BCUT2D eigenvalue weighted by molar-refractivity contribution is -0.117. The van der Waals surface area contributed by atoms with Gasteiger partial charge in [-0.1, -0.05) is 0 Å². The highest BCUT2D eigenvalue weighted by atomic mass is 16.2. The molecule has 7 heteroatoms. The molecule has 3 aromatic heterocycles. The van der Waals surface area contributed by atoms with Crippen molar-refractivity contribution in [2.75, 3.05) is 18.4 Å². The van der Waals surface area contributed by atoms with Gasteiger partial charge in [-0.25, -0.2) is 9.97 Å². The van der Waals surface area contributed by atoms with E-state index < -0.39 is 0 Å². The summed E-state index contributed by atoms with van der Waals surface area (Å²) >= 11 is 0. The Morgan fingerprint density at radius 2 is 2.23 bits per heavy atom. The lowest BCUT2D eigenvalue weighted by Gasteiger charge is -2.19. The maximum Gasteiger partial charge on any atom is 0.239 e. The van der Waals surface area contributed by atoms with E-state index in [2.05, 4.69) is 32.2 Å². The molecule has 26 heavy (non-hydrogen) atoms. The maximum atomic E-state index is 12.3. The summed E-state index contributed by atoms with van der Waals surface area (Å²) in [7, 11) is 1.88. The van der Waals surface area contributed by atoms with Gasteiger partial charge in [-0.15, -0.1) is 0 Å². The second-order valence-electron chi connectivity index (χ2n) is 6.87. The molecule has 1 aliphatic rings. The van der Waals surface area contributed by atoms with Gasteiger partial charge in [0.25, 0.3) is 0 Å². The number of nitrogens with one attached hydrogen (secondary N) is 1. The first-order valence-corrected chi connectivity index (χ1v) is 8.88. The first-order chi connectivity index (χ1) is 12.6. The first-order valence-electron chi connectivity index (χ1n) is 8.88. The van der Waals surface area contributed by atoms with Crippen molar-refractivity contribution in [1.82, 2.24) is 24.6 Å². The van der Waals surface area contributed by atoms with Crippen LogP contribution in [0.4, 0.5) is 5.82 Å². The molecule has 0 aromatic carbocycles. The largest absolute Gasteiger partial charge is 0.310 e. The van der Waals surface area contributed by atoms with Crippen LogP contribution in [0.1, 0.15) is 19.8 Å². The number of pyridine rings is 2. The summed E-state index contributed by atoms with van der Waals surface area (Å²) < 4.78 is 1.75. The van der Waals surface area contributed by atoms with Gasteiger partial charge in [0, 0.05) is 42.5 Å². The van der Waals surface area contributed by atoms with E-state index in [-0.39, 0.29) is 5.91 Å². The molecule has 0 bridgehead atoms. The molecule has 1 N–H and O–H groups in total. The van der Waals surface area contributed by atoms with E-state index in [1.807, 2.05) is 31.4 Å². The Kier molecular flexibility index (Phi) is 4.38. The van der Waals surface area contributed by atoms with Crippen molar-refractivity contribution in [2.45, 2.75) is 25.8 Å². The van der Waals surface area contributed by atoms with Crippen LogP contribution in [0.3, 0.4) is 0 Å². The van der Waals surface area contributed by atoms with Crippen LogP contribution in [0.25, 0.3) is 22.2 Å². The maximum absolute atomic E-state index is 12.3. The number of amides is 1. The van der Waals surface area contributed by atoms with Gasteiger partial charge >= 0.3 is 0 Å². The van der Waals surface area contributed by atoms with Gasteiger partial charge in [0.15, 0.2) is 0 Å². The number of fused-ring (bicyclic) bond motifs is 1. The molecule has 4 rings (SSSR count). The van der Waals surface area contributed by atoms with Crippen molar-refractivity contribution in [2.24, 2.45) is 7.05 Å². The fourth-order valence-electron chi connectivity index (χ4n) is 3.39. The Morgan fingerprint density at radius 1 is 1.35 bits per heavy atom. The number of carbonyl (C=O) groups is 1. The van der Waals surface area contributed by atoms with Gasteiger partial charge in [0.05, 0.1) is 24.0 Å². The summed E-state index contributed by atoms with van der Waals surface area (Å²) in [6.45, 7) is 3.55. The lowest BCUT2D eigenvalue weighted by Crippen LogP contribution is -2.35. The molecule has 0 saturated carbocycles. The third kappa shape index (κ3) is 3.43. The Bertz CT molecular complexity index is 950. The summed E-state index contributed by atoms with van der Waals surface area (Å²) in [5.41, 5.74) is 2.60. The van der Waals surface area contributed by atoms with Gasteiger partial charge < -0.3 is 5.32 Å². The SMILES string of the molecule is CC1CCCN1CC(=O)Nc1cc2nc(-c3cnn(C)c3)ccc2cn1. The highest BCUT2D eigenvalue weighted by Gasteiger charge is 2.22. The number of nitrogens with zero attached hydrogens (tertiary/aromatic N) is 5. The first kappa shape index (κ1) is 16.7. The fourth-order valence-corrected chi connectivity index (χ4v) is 3.39. The van der Waals surface area contributed by atoms with E-state index in [4.69, 9.17) is 0 Å². The van der Waals surface area contributed by atoms with Crippen LogP contribution in [-0.2, 0) is 11.8 Å². The summed E-state index contributed by atoms with van der Waals surface area (Å²) in [4.78, 5) is 23.5. The highest BCUT2D eigenvalue weighted by molar-refractivity contribution is 5.93. The number of rotatable bonds is 4. The summed E-state index contributed by atoms with van der Waals surface area (Å²) in [5.74, 6) is 0.499. The molecule has 134 valence electrons. The number of likely N-dealkylation sites (tertiary alicyclic amines) is 1. The van der Waals surface area contributed by atoms with E-state index in [0.717, 1.165) is 41.5 Å². The predicted octanol–water partition coefficient (Wildman–Crippen LogP) is 2.45. The van der Waals surface area contributed by atoms with Crippen molar-refractivity contribution < 1.29 is 4.79 Å². The van der Waals surface area contributed by atoms with Crippen molar-refractivity contribution in [3.8, 4) is 11.3 Å². The molecule has 0 spiro atoms. The average molecular weight is 350 g/mol. The van der Waals surface area contributed by atoms with E-state index in [0.29, 0.717) is 18.4 Å². The van der Waals surface area contributed by atoms with Gasteiger partial charge in [-0.2, -0.15) is 5.10 Å². The minimum Gasteiger partial charge on any atom is -0.310 e. The second kappa shape index (κ2) is 6.84. The number of hydrogen-bond donors (Lipinski definition) is 1. The lowest BCUT2D eigenvalue weighted by atomic mass is 10.2. The molecule has 1 atom stereocenters. The predicted molar refractivity (Wildman–Crippen MR) is 101 cm³/mol. The molecular formula is C19H22N6O. The van der Waals surface area contributed by atoms with Gasteiger partial charge in [0.1, 0.15) is 5.82 Å². The minimum absolute atomic E-state index is 0.0333. The van der Waals surface area contributed by atoms with Gasteiger partial charge in [-0.3, -0.25) is 14.4 Å². The molecular weight excluding hydrogens is 328 g/mol. The molecule has 4 heterocycles. The molecule has 1 aliphatic heterocycles. The van der Waals surface area contributed by atoms with E-state index >= 15 is 0 Å². The summed E-state index contributed by atoms with van der Waals surface area (Å²) in [6.07, 6.45) is 7.76. The number of aromatic nitrogens is 4. The van der Waals surface area contributed by atoms with Crippen molar-refractivity contribution in [3.05, 3.63) is 36.8 Å². The van der Waals surface area contributed by atoms with Crippen molar-refractivity contribution in [1.29, 1.82) is 0 Å². The molecule has 1 amide bonds. The Morgan fingerprint density at radius 3 is 2.96 bits per heavy atom. The van der Waals surface area contributed by atoms with Crippen LogP contribution in [0.15, 0.2) is 36.8 Å². The molecule has 7 nitrogen and oxygen atoms in total. The number of aryl methyl sites for hydroxylation is 1. The third-order valence-electron chi connectivity index (χ3n) is 4.88. The van der Waals surface area contributed by atoms with Crippen LogP contribution >= 0.6 is 0 Å². The smallest absolute Gasteiger partial charge is 0.239 e. The second-order valence-corrected chi connectivity index (χ2v) is 6.87. The number of anilines is 1. The monoisotopic (exact) mass is 350 g/mol.